The van der Waals surface area contributed by atoms with Gasteiger partial charge in [0.15, 0.2) is 0 Å². The number of aryl methyl sites for hydroxylation is 1. The zero-order valence-electron chi connectivity index (χ0n) is 12.6. The zero-order chi connectivity index (χ0) is 14.3. The molecule has 2 unspecified atom stereocenters. The molecular weight excluding hydrogens is 268 g/mol. The lowest BCUT2D eigenvalue weighted by molar-refractivity contribution is 0.625. The van der Waals surface area contributed by atoms with Gasteiger partial charge in [-0.15, -0.1) is 11.3 Å². The molecule has 0 bridgehead atoms. The van der Waals surface area contributed by atoms with E-state index in [1.165, 1.54) is 16.7 Å². The number of hydrogen-bond acceptors (Lipinski definition) is 5. The minimum Gasteiger partial charge on any atom is -0.357 e. The van der Waals surface area contributed by atoms with E-state index in [0.29, 0.717) is 6.04 Å². The van der Waals surface area contributed by atoms with Crippen LogP contribution in [0.15, 0.2) is 6.07 Å². The Morgan fingerprint density at radius 2 is 2.20 bits per heavy atom. The van der Waals surface area contributed by atoms with Crippen LogP contribution in [0.2, 0.25) is 0 Å². The lowest BCUT2D eigenvalue weighted by Gasteiger charge is -2.23. The number of hydrogen-bond donors (Lipinski definition) is 1. The highest BCUT2D eigenvalue weighted by atomic mass is 32.1. The molecule has 0 aliphatic carbocycles. The molecule has 1 aliphatic rings. The molecule has 2 aromatic heterocycles. The second-order valence-corrected chi connectivity index (χ2v) is 6.86. The summed E-state index contributed by atoms with van der Waals surface area (Å²) < 4.78 is 0. The molecule has 0 saturated carbocycles. The minimum absolute atomic E-state index is 0.554. The Balaban J connectivity index is 2.14. The Kier molecular flexibility index (Phi) is 3.54. The predicted octanol–water partition coefficient (Wildman–Crippen LogP) is 3.53. The average molecular weight is 290 g/mol. The van der Waals surface area contributed by atoms with Gasteiger partial charge in [0.1, 0.15) is 10.6 Å². The van der Waals surface area contributed by atoms with Crippen molar-refractivity contribution in [3.05, 3.63) is 10.9 Å². The molecule has 0 radical (unpaired) electrons. The van der Waals surface area contributed by atoms with Crippen molar-refractivity contribution < 1.29 is 0 Å². The molecule has 2 aromatic rings. The maximum atomic E-state index is 4.74. The molecule has 1 aliphatic heterocycles. The van der Waals surface area contributed by atoms with Gasteiger partial charge in [-0.2, -0.15) is 4.98 Å². The van der Waals surface area contributed by atoms with Crippen molar-refractivity contribution in [3.63, 3.8) is 0 Å². The molecule has 5 heteroatoms. The lowest BCUT2D eigenvalue weighted by Crippen LogP contribution is -2.28. The Labute approximate surface area is 124 Å². The van der Waals surface area contributed by atoms with E-state index in [2.05, 4.69) is 42.0 Å². The van der Waals surface area contributed by atoms with E-state index in [4.69, 9.17) is 4.98 Å². The van der Waals surface area contributed by atoms with Crippen LogP contribution < -0.4 is 10.2 Å². The SMILES string of the molecule is CCc1cc2c(N3CC(C)CC3C)nc(NC)nc2s1. The molecule has 1 saturated heterocycles. The van der Waals surface area contributed by atoms with Crippen LogP contribution in [0.3, 0.4) is 0 Å². The third kappa shape index (κ3) is 2.24. The van der Waals surface area contributed by atoms with Gasteiger partial charge in [0.2, 0.25) is 5.95 Å². The molecule has 2 atom stereocenters. The summed E-state index contributed by atoms with van der Waals surface area (Å²) in [6.45, 7) is 7.90. The van der Waals surface area contributed by atoms with Crippen molar-refractivity contribution in [1.82, 2.24) is 9.97 Å². The molecule has 20 heavy (non-hydrogen) atoms. The van der Waals surface area contributed by atoms with E-state index in [0.717, 1.165) is 35.5 Å². The van der Waals surface area contributed by atoms with Gasteiger partial charge in [-0.3, -0.25) is 0 Å². The molecular formula is C15H22N4S. The van der Waals surface area contributed by atoms with E-state index in [-0.39, 0.29) is 0 Å². The van der Waals surface area contributed by atoms with Gasteiger partial charge in [0.05, 0.1) is 5.39 Å². The smallest absolute Gasteiger partial charge is 0.225 e. The summed E-state index contributed by atoms with van der Waals surface area (Å²) in [5, 5.41) is 4.31. The first kappa shape index (κ1) is 13.6. The van der Waals surface area contributed by atoms with Crippen LogP contribution in [-0.4, -0.2) is 29.6 Å². The van der Waals surface area contributed by atoms with E-state index < -0.39 is 0 Å². The monoisotopic (exact) mass is 290 g/mol. The van der Waals surface area contributed by atoms with E-state index in [1.54, 1.807) is 11.3 Å². The number of fused-ring (bicyclic) bond motifs is 1. The number of rotatable bonds is 3. The molecule has 0 aromatic carbocycles. The van der Waals surface area contributed by atoms with Crippen molar-refractivity contribution in [2.45, 2.75) is 39.7 Å². The molecule has 1 N–H and O–H groups in total. The van der Waals surface area contributed by atoms with Crippen molar-refractivity contribution in [2.75, 3.05) is 23.8 Å². The Morgan fingerprint density at radius 3 is 2.80 bits per heavy atom. The highest BCUT2D eigenvalue weighted by molar-refractivity contribution is 7.18. The van der Waals surface area contributed by atoms with Crippen molar-refractivity contribution in [3.8, 4) is 0 Å². The van der Waals surface area contributed by atoms with Gasteiger partial charge in [0, 0.05) is 24.5 Å². The summed E-state index contributed by atoms with van der Waals surface area (Å²) in [7, 11) is 1.88. The molecule has 3 rings (SSSR count). The average Bonchev–Trinajstić information content (AvgIpc) is 3.00. The summed E-state index contributed by atoms with van der Waals surface area (Å²) in [5.41, 5.74) is 0. The largest absolute Gasteiger partial charge is 0.357 e. The van der Waals surface area contributed by atoms with Crippen molar-refractivity contribution in [1.29, 1.82) is 0 Å². The van der Waals surface area contributed by atoms with Crippen LogP contribution in [0.5, 0.6) is 0 Å². The highest BCUT2D eigenvalue weighted by Gasteiger charge is 2.29. The summed E-state index contributed by atoms with van der Waals surface area (Å²) in [4.78, 5) is 14.3. The minimum atomic E-state index is 0.554. The van der Waals surface area contributed by atoms with Gasteiger partial charge < -0.3 is 10.2 Å². The fourth-order valence-electron chi connectivity index (χ4n) is 3.06. The van der Waals surface area contributed by atoms with Gasteiger partial charge >= 0.3 is 0 Å². The highest BCUT2D eigenvalue weighted by Crippen LogP contribution is 2.36. The summed E-state index contributed by atoms with van der Waals surface area (Å²) >= 11 is 1.78. The lowest BCUT2D eigenvalue weighted by atomic mass is 10.1. The topological polar surface area (TPSA) is 41.1 Å². The Bertz CT molecular complexity index is 622. The molecule has 4 nitrogen and oxygen atoms in total. The number of anilines is 2. The molecule has 3 heterocycles. The van der Waals surface area contributed by atoms with Crippen molar-refractivity contribution in [2.24, 2.45) is 5.92 Å². The quantitative estimate of drug-likeness (QED) is 0.939. The van der Waals surface area contributed by atoms with Crippen LogP contribution in [0.4, 0.5) is 11.8 Å². The van der Waals surface area contributed by atoms with Gasteiger partial charge in [-0.05, 0) is 31.7 Å². The third-order valence-electron chi connectivity index (χ3n) is 4.05. The zero-order valence-corrected chi connectivity index (χ0v) is 13.4. The molecule has 1 fully saturated rings. The Morgan fingerprint density at radius 1 is 1.40 bits per heavy atom. The van der Waals surface area contributed by atoms with Crippen molar-refractivity contribution >= 4 is 33.3 Å². The molecule has 0 spiro atoms. The Hall–Kier alpha value is -1.36. The first-order chi connectivity index (χ1) is 9.62. The first-order valence-corrected chi connectivity index (χ1v) is 8.18. The van der Waals surface area contributed by atoms with Gasteiger partial charge in [-0.25, -0.2) is 4.98 Å². The second-order valence-electron chi connectivity index (χ2n) is 5.75. The number of nitrogens with one attached hydrogen (secondary N) is 1. The summed E-state index contributed by atoms with van der Waals surface area (Å²) in [6.07, 6.45) is 2.30. The fraction of sp³-hybridized carbons (Fsp3) is 0.600. The van der Waals surface area contributed by atoms with Gasteiger partial charge in [0.25, 0.3) is 0 Å². The molecule has 0 amide bonds. The standard InChI is InChI=1S/C15H22N4S/c1-5-11-7-12-13(19-8-9(2)6-10(19)3)17-15(16-4)18-14(12)20-11/h7,9-10H,5-6,8H2,1-4H3,(H,16,17,18). The second kappa shape index (κ2) is 5.20. The number of nitrogens with zero attached hydrogens (tertiary/aromatic N) is 3. The van der Waals surface area contributed by atoms with E-state index >= 15 is 0 Å². The van der Waals surface area contributed by atoms with Crippen LogP contribution in [0.1, 0.15) is 32.1 Å². The van der Waals surface area contributed by atoms with E-state index in [1.807, 2.05) is 7.05 Å². The summed E-state index contributed by atoms with van der Waals surface area (Å²) in [6, 6.07) is 2.82. The third-order valence-corrected chi connectivity index (χ3v) is 5.22. The van der Waals surface area contributed by atoms with Crippen LogP contribution in [0, 0.1) is 5.92 Å². The predicted molar refractivity (Wildman–Crippen MR) is 86.9 cm³/mol. The van der Waals surface area contributed by atoms with Crippen LogP contribution in [0.25, 0.3) is 10.2 Å². The summed E-state index contributed by atoms with van der Waals surface area (Å²) in [5.74, 6) is 2.56. The maximum Gasteiger partial charge on any atom is 0.225 e. The maximum absolute atomic E-state index is 4.74. The normalized spacial score (nSPS) is 22.7. The van der Waals surface area contributed by atoms with E-state index in [9.17, 15) is 0 Å². The first-order valence-electron chi connectivity index (χ1n) is 7.37. The van der Waals surface area contributed by atoms with Crippen LogP contribution >= 0.6 is 11.3 Å². The van der Waals surface area contributed by atoms with Crippen LogP contribution in [-0.2, 0) is 6.42 Å². The molecule has 108 valence electrons. The number of thiophene rings is 1. The van der Waals surface area contributed by atoms with Gasteiger partial charge in [-0.1, -0.05) is 13.8 Å². The number of aromatic nitrogens is 2. The fourth-order valence-corrected chi connectivity index (χ4v) is 4.02.